The van der Waals surface area contributed by atoms with Crippen molar-refractivity contribution in [2.24, 2.45) is 0 Å². The molecule has 1 aromatic carbocycles. The molecule has 2 aliphatic heterocycles. The standard InChI is InChI=1S/C19H20N4O3S/c24-16(22-19-21-11-15(27-19)12-5-8-20-9-6-12)7-10-23-17(25)13-3-1-2-4-14(13)18(23)26/h1-4,11-12,20H,5-10H2,(H,21,22,24). The van der Waals surface area contributed by atoms with Crippen LogP contribution in [-0.4, -0.2) is 47.2 Å². The number of amides is 3. The number of aromatic nitrogens is 1. The number of fused-ring (bicyclic) bond motifs is 1. The topological polar surface area (TPSA) is 91.4 Å². The fourth-order valence-corrected chi connectivity index (χ4v) is 4.48. The molecule has 27 heavy (non-hydrogen) atoms. The molecule has 0 spiro atoms. The highest BCUT2D eigenvalue weighted by atomic mass is 32.1. The number of nitrogens with zero attached hydrogens (tertiary/aromatic N) is 2. The largest absolute Gasteiger partial charge is 0.317 e. The van der Waals surface area contributed by atoms with Crippen LogP contribution in [0.1, 0.15) is 50.8 Å². The van der Waals surface area contributed by atoms with Gasteiger partial charge in [0.1, 0.15) is 0 Å². The SMILES string of the molecule is O=C(CCN1C(=O)c2ccccc2C1=O)Nc1ncc(C2CCNCC2)s1. The number of carbonyl (C=O) groups excluding carboxylic acids is 3. The summed E-state index contributed by atoms with van der Waals surface area (Å²) < 4.78 is 0. The molecule has 8 heteroatoms. The lowest BCUT2D eigenvalue weighted by Gasteiger charge is -2.20. The van der Waals surface area contributed by atoms with E-state index < -0.39 is 0 Å². The first kappa shape index (κ1) is 17.8. The molecule has 7 nitrogen and oxygen atoms in total. The second kappa shape index (κ2) is 7.58. The first-order valence-electron chi connectivity index (χ1n) is 9.05. The molecular weight excluding hydrogens is 364 g/mol. The summed E-state index contributed by atoms with van der Waals surface area (Å²) in [4.78, 5) is 43.5. The van der Waals surface area contributed by atoms with Gasteiger partial charge in [-0.1, -0.05) is 12.1 Å². The number of hydrogen-bond donors (Lipinski definition) is 2. The van der Waals surface area contributed by atoms with Crippen molar-refractivity contribution in [1.82, 2.24) is 15.2 Å². The van der Waals surface area contributed by atoms with Crippen LogP contribution < -0.4 is 10.6 Å². The van der Waals surface area contributed by atoms with Crippen molar-refractivity contribution in [3.63, 3.8) is 0 Å². The van der Waals surface area contributed by atoms with Gasteiger partial charge in [0.05, 0.1) is 11.1 Å². The molecular formula is C19H20N4O3S. The highest BCUT2D eigenvalue weighted by Crippen LogP contribution is 2.31. The van der Waals surface area contributed by atoms with Crippen LogP contribution in [0.2, 0.25) is 0 Å². The predicted octanol–water partition coefficient (Wildman–Crippen LogP) is 2.23. The third kappa shape index (κ3) is 3.63. The van der Waals surface area contributed by atoms with Gasteiger partial charge in [-0.15, -0.1) is 11.3 Å². The van der Waals surface area contributed by atoms with Crippen LogP contribution in [-0.2, 0) is 4.79 Å². The summed E-state index contributed by atoms with van der Waals surface area (Å²) in [6, 6.07) is 6.71. The lowest BCUT2D eigenvalue weighted by atomic mass is 9.97. The van der Waals surface area contributed by atoms with E-state index in [1.807, 2.05) is 6.20 Å². The summed E-state index contributed by atoms with van der Waals surface area (Å²) in [5.41, 5.74) is 0.795. The molecule has 0 bridgehead atoms. The third-order valence-electron chi connectivity index (χ3n) is 4.95. The van der Waals surface area contributed by atoms with Gasteiger partial charge in [0.2, 0.25) is 5.91 Å². The molecule has 1 saturated heterocycles. The van der Waals surface area contributed by atoms with Crippen LogP contribution >= 0.6 is 11.3 Å². The average molecular weight is 384 g/mol. The lowest BCUT2D eigenvalue weighted by Crippen LogP contribution is -2.32. The fourth-order valence-electron chi connectivity index (χ4n) is 3.48. The Kier molecular flexibility index (Phi) is 5.00. The van der Waals surface area contributed by atoms with Crippen LogP contribution in [0, 0.1) is 0 Å². The van der Waals surface area contributed by atoms with Gasteiger partial charge in [0.25, 0.3) is 11.8 Å². The predicted molar refractivity (Wildman–Crippen MR) is 102 cm³/mol. The van der Waals surface area contributed by atoms with Gasteiger partial charge < -0.3 is 10.6 Å². The summed E-state index contributed by atoms with van der Waals surface area (Å²) in [6.45, 7) is 2.07. The molecule has 0 unspecified atom stereocenters. The Labute approximate surface area is 160 Å². The Morgan fingerprint density at radius 3 is 2.52 bits per heavy atom. The maximum absolute atomic E-state index is 12.3. The minimum atomic E-state index is -0.342. The van der Waals surface area contributed by atoms with E-state index in [1.54, 1.807) is 24.3 Å². The zero-order valence-corrected chi connectivity index (χ0v) is 15.6. The van der Waals surface area contributed by atoms with E-state index in [1.165, 1.54) is 16.2 Å². The third-order valence-corrected chi connectivity index (χ3v) is 6.03. The molecule has 0 atom stereocenters. The number of benzene rings is 1. The normalized spacial score (nSPS) is 17.3. The molecule has 1 fully saturated rings. The Hall–Kier alpha value is -2.58. The van der Waals surface area contributed by atoms with Crippen molar-refractivity contribution < 1.29 is 14.4 Å². The zero-order valence-electron chi connectivity index (χ0n) is 14.7. The molecule has 3 amide bonds. The van der Waals surface area contributed by atoms with Gasteiger partial charge in [0.15, 0.2) is 5.13 Å². The van der Waals surface area contributed by atoms with Crippen LogP contribution in [0.25, 0.3) is 0 Å². The minimum absolute atomic E-state index is 0.0493. The summed E-state index contributed by atoms with van der Waals surface area (Å²) >= 11 is 1.50. The van der Waals surface area contributed by atoms with Crippen molar-refractivity contribution in [2.75, 3.05) is 25.0 Å². The minimum Gasteiger partial charge on any atom is -0.317 e. The summed E-state index contributed by atoms with van der Waals surface area (Å²) in [5, 5.41) is 6.68. The highest BCUT2D eigenvalue weighted by molar-refractivity contribution is 7.15. The van der Waals surface area contributed by atoms with E-state index in [-0.39, 0.29) is 30.7 Å². The number of thiazole rings is 1. The van der Waals surface area contributed by atoms with E-state index >= 15 is 0 Å². The van der Waals surface area contributed by atoms with Gasteiger partial charge in [-0.05, 0) is 44.0 Å². The highest BCUT2D eigenvalue weighted by Gasteiger charge is 2.35. The van der Waals surface area contributed by atoms with Crippen LogP contribution in [0.5, 0.6) is 0 Å². The number of piperidine rings is 1. The molecule has 140 valence electrons. The van der Waals surface area contributed by atoms with E-state index in [4.69, 9.17) is 0 Å². The molecule has 3 heterocycles. The van der Waals surface area contributed by atoms with E-state index in [0.29, 0.717) is 22.2 Å². The van der Waals surface area contributed by atoms with E-state index in [9.17, 15) is 14.4 Å². The second-order valence-corrected chi connectivity index (χ2v) is 7.76. The van der Waals surface area contributed by atoms with Crippen molar-refractivity contribution in [3.8, 4) is 0 Å². The Morgan fingerprint density at radius 2 is 1.85 bits per heavy atom. The van der Waals surface area contributed by atoms with Crippen LogP contribution in [0.15, 0.2) is 30.5 Å². The van der Waals surface area contributed by atoms with Crippen molar-refractivity contribution in [3.05, 3.63) is 46.5 Å². The maximum atomic E-state index is 12.3. The molecule has 2 aliphatic rings. The summed E-state index contributed by atoms with van der Waals surface area (Å²) in [7, 11) is 0. The van der Waals surface area contributed by atoms with Gasteiger partial charge in [-0.25, -0.2) is 4.98 Å². The molecule has 0 aliphatic carbocycles. The quantitative estimate of drug-likeness (QED) is 0.772. The van der Waals surface area contributed by atoms with Gasteiger partial charge >= 0.3 is 0 Å². The molecule has 4 rings (SSSR count). The number of hydrogen-bond acceptors (Lipinski definition) is 6. The molecule has 1 aromatic heterocycles. The number of nitrogens with one attached hydrogen (secondary N) is 2. The van der Waals surface area contributed by atoms with Crippen molar-refractivity contribution >= 4 is 34.2 Å². The van der Waals surface area contributed by atoms with Crippen LogP contribution in [0.4, 0.5) is 5.13 Å². The van der Waals surface area contributed by atoms with E-state index in [2.05, 4.69) is 15.6 Å². The zero-order chi connectivity index (χ0) is 18.8. The molecule has 2 aromatic rings. The van der Waals surface area contributed by atoms with Crippen LogP contribution in [0.3, 0.4) is 0 Å². The molecule has 0 radical (unpaired) electrons. The van der Waals surface area contributed by atoms with Gasteiger partial charge in [-0.3, -0.25) is 19.3 Å². The fraction of sp³-hybridized carbons (Fsp3) is 0.368. The van der Waals surface area contributed by atoms with Crippen molar-refractivity contribution in [2.45, 2.75) is 25.2 Å². The van der Waals surface area contributed by atoms with Crippen molar-refractivity contribution in [1.29, 1.82) is 0 Å². The number of carbonyl (C=O) groups is 3. The lowest BCUT2D eigenvalue weighted by molar-refractivity contribution is -0.116. The second-order valence-electron chi connectivity index (χ2n) is 6.70. The monoisotopic (exact) mass is 384 g/mol. The number of anilines is 1. The maximum Gasteiger partial charge on any atom is 0.261 e. The Balaban J connectivity index is 1.32. The smallest absolute Gasteiger partial charge is 0.261 e. The molecule has 2 N–H and O–H groups in total. The summed E-state index contributed by atoms with van der Waals surface area (Å²) in [5.74, 6) is -0.442. The number of rotatable bonds is 5. The summed E-state index contributed by atoms with van der Waals surface area (Å²) in [6.07, 6.45) is 4.04. The number of imide groups is 1. The average Bonchev–Trinajstić information content (AvgIpc) is 3.25. The Morgan fingerprint density at radius 1 is 1.19 bits per heavy atom. The first-order valence-corrected chi connectivity index (χ1v) is 9.86. The van der Waals surface area contributed by atoms with Gasteiger partial charge in [0, 0.05) is 24.0 Å². The Bertz CT molecular complexity index is 854. The van der Waals surface area contributed by atoms with E-state index in [0.717, 1.165) is 30.8 Å². The first-order chi connectivity index (χ1) is 13.1. The molecule has 0 saturated carbocycles. The van der Waals surface area contributed by atoms with Gasteiger partial charge in [-0.2, -0.15) is 0 Å².